The standard InChI is InChI=1S/C54H35NS/c1-3-15-43-37(12-1)14-11-21-46(43)48-19-7-9-22-52(48)55(41-29-24-36(25-30-41)39-28-33-50-49-20-8-10-23-53(49)56-54(50)35-39)42-31-26-38(27-32-42)51-34-40-13-2-4-16-44(40)45-17-5-6-18-47(45)51/h1-10,12-20,22-24,26-29,31-35H,25,30H2. The smallest absolute Gasteiger partial charge is 0.0543 e. The van der Waals surface area contributed by atoms with Crippen LogP contribution in [0.4, 0.5) is 11.4 Å². The van der Waals surface area contributed by atoms with Crippen molar-refractivity contribution in [3.8, 4) is 22.3 Å². The number of allylic oxidation sites excluding steroid dienone is 4. The van der Waals surface area contributed by atoms with E-state index in [9.17, 15) is 0 Å². The van der Waals surface area contributed by atoms with Gasteiger partial charge in [-0.2, -0.15) is 0 Å². The quantitative estimate of drug-likeness (QED) is 0.154. The SMILES string of the molecule is c1cc2ccccc2c(-c2ccccc2N(C2=CC=C(c3ccc4c(c3)sc3ccccc34)CC2)c2ccc(-c3cc4ccccc4c4ccccc34)cc2)c#1. The van der Waals surface area contributed by atoms with Crippen LogP contribution in [0.2, 0.25) is 0 Å². The predicted molar refractivity (Wildman–Crippen MR) is 241 cm³/mol. The van der Waals surface area contributed by atoms with Gasteiger partial charge in [-0.3, -0.25) is 0 Å². The van der Waals surface area contributed by atoms with E-state index in [1.54, 1.807) is 0 Å². The van der Waals surface area contributed by atoms with Gasteiger partial charge >= 0.3 is 0 Å². The maximum atomic E-state index is 3.51. The van der Waals surface area contributed by atoms with Crippen LogP contribution in [0.25, 0.3) is 80.3 Å². The number of benzene rings is 8. The van der Waals surface area contributed by atoms with Gasteiger partial charge in [0.2, 0.25) is 0 Å². The Morgan fingerprint density at radius 2 is 1.14 bits per heavy atom. The lowest BCUT2D eigenvalue weighted by Crippen LogP contribution is -2.18. The summed E-state index contributed by atoms with van der Waals surface area (Å²) in [5.41, 5.74) is 10.9. The van der Waals surface area contributed by atoms with Gasteiger partial charge in [0, 0.05) is 42.7 Å². The molecule has 0 spiro atoms. The summed E-state index contributed by atoms with van der Waals surface area (Å²) in [6, 6.07) is 70.9. The van der Waals surface area contributed by atoms with Crippen LogP contribution in [-0.4, -0.2) is 0 Å². The largest absolute Gasteiger partial charge is 0.314 e. The Balaban J connectivity index is 1.04. The van der Waals surface area contributed by atoms with E-state index in [0.29, 0.717) is 0 Å². The Hall–Kier alpha value is -6.92. The van der Waals surface area contributed by atoms with Crippen molar-refractivity contribution in [2.75, 3.05) is 4.90 Å². The van der Waals surface area contributed by atoms with Gasteiger partial charge in [-0.15, -0.1) is 11.3 Å². The van der Waals surface area contributed by atoms with Crippen molar-refractivity contribution >= 4 is 80.8 Å². The second-order valence-corrected chi connectivity index (χ2v) is 15.7. The summed E-state index contributed by atoms with van der Waals surface area (Å²) in [5, 5.41) is 10.1. The van der Waals surface area contributed by atoms with Gasteiger partial charge in [0.1, 0.15) is 0 Å². The number of para-hydroxylation sites is 1. The second-order valence-electron chi connectivity index (χ2n) is 14.6. The highest BCUT2D eigenvalue weighted by Crippen LogP contribution is 2.44. The molecule has 0 saturated carbocycles. The zero-order valence-corrected chi connectivity index (χ0v) is 31.5. The van der Waals surface area contributed by atoms with E-state index in [1.165, 1.54) is 75.1 Å². The molecule has 0 atom stereocenters. The van der Waals surface area contributed by atoms with Crippen LogP contribution >= 0.6 is 11.3 Å². The molecule has 0 radical (unpaired) electrons. The summed E-state index contributed by atoms with van der Waals surface area (Å²) in [7, 11) is 0. The van der Waals surface area contributed by atoms with Crippen LogP contribution in [0.1, 0.15) is 18.4 Å². The number of anilines is 2. The van der Waals surface area contributed by atoms with E-state index in [-0.39, 0.29) is 0 Å². The Morgan fingerprint density at radius 1 is 0.464 bits per heavy atom. The number of fused-ring (bicyclic) bond motifs is 7. The third kappa shape index (κ3) is 5.48. The Labute approximate surface area is 330 Å². The minimum absolute atomic E-state index is 0.910. The summed E-state index contributed by atoms with van der Waals surface area (Å²) < 4.78 is 2.69. The molecule has 0 unspecified atom stereocenters. The molecule has 56 heavy (non-hydrogen) atoms. The first-order valence-corrected chi connectivity index (χ1v) is 20.1. The molecule has 262 valence electrons. The maximum absolute atomic E-state index is 3.51. The molecule has 0 amide bonds. The van der Waals surface area contributed by atoms with Crippen molar-refractivity contribution in [2.24, 2.45) is 0 Å². The third-order valence-corrected chi connectivity index (χ3v) is 12.6. The summed E-state index contributed by atoms with van der Waals surface area (Å²) in [6.45, 7) is 0. The molecule has 1 aliphatic carbocycles. The van der Waals surface area contributed by atoms with Crippen molar-refractivity contribution in [1.82, 2.24) is 0 Å². The molecule has 0 saturated heterocycles. The highest BCUT2D eigenvalue weighted by molar-refractivity contribution is 7.25. The molecule has 1 aromatic heterocycles. The highest BCUT2D eigenvalue weighted by atomic mass is 32.1. The molecule has 0 aliphatic heterocycles. The van der Waals surface area contributed by atoms with Crippen molar-refractivity contribution in [1.29, 1.82) is 0 Å². The Morgan fingerprint density at radius 3 is 1.98 bits per heavy atom. The lowest BCUT2D eigenvalue weighted by Gasteiger charge is -2.31. The van der Waals surface area contributed by atoms with E-state index in [0.717, 1.165) is 40.7 Å². The van der Waals surface area contributed by atoms with Crippen molar-refractivity contribution in [3.05, 3.63) is 211 Å². The summed E-state index contributed by atoms with van der Waals surface area (Å²) in [4.78, 5) is 2.47. The highest BCUT2D eigenvalue weighted by Gasteiger charge is 2.22. The topological polar surface area (TPSA) is 3.24 Å². The van der Waals surface area contributed by atoms with E-state index in [4.69, 9.17) is 0 Å². The van der Waals surface area contributed by atoms with Crippen LogP contribution in [-0.2, 0) is 0 Å². The van der Waals surface area contributed by atoms with Gasteiger partial charge in [0.15, 0.2) is 0 Å². The van der Waals surface area contributed by atoms with Gasteiger partial charge in [-0.05, 0) is 116 Å². The molecule has 10 aromatic rings. The molecule has 2 heteroatoms. The molecule has 0 fully saturated rings. The number of rotatable bonds is 6. The average Bonchev–Trinajstić information content (AvgIpc) is 3.65. The number of thiophene rings is 1. The van der Waals surface area contributed by atoms with Gasteiger partial charge < -0.3 is 4.90 Å². The zero-order valence-electron chi connectivity index (χ0n) is 30.7. The summed E-state index contributed by atoms with van der Waals surface area (Å²) in [5.74, 6) is 0. The molecular formula is C54H35NS. The van der Waals surface area contributed by atoms with E-state index in [2.05, 4.69) is 199 Å². The van der Waals surface area contributed by atoms with Gasteiger partial charge in [-0.1, -0.05) is 152 Å². The second kappa shape index (κ2) is 13.4. The van der Waals surface area contributed by atoms with Crippen LogP contribution < -0.4 is 4.90 Å². The fraction of sp³-hybridized carbons (Fsp3) is 0.0370. The zero-order chi connectivity index (χ0) is 37.0. The number of hydrogen-bond donors (Lipinski definition) is 0. The number of nitrogens with zero attached hydrogens (tertiary/aromatic N) is 1. The molecule has 0 N–H and O–H groups in total. The molecule has 0 bridgehead atoms. The minimum Gasteiger partial charge on any atom is -0.314 e. The monoisotopic (exact) mass is 729 g/mol. The normalized spacial score (nSPS) is 12.9. The Bertz CT molecular complexity index is 3190. The summed E-state index contributed by atoms with van der Waals surface area (Å²) in [6.07, 6.45) is 6.55. The lowest BCUT2D eigenvalue weighted by molar-refractivity contribution is 0.930. The molecule has 1 nitrogen and oxygen atoms in total. The van der Waals surface area contributed by atoms with Crippen molar-refractivity contribution in [3.63, 3.8) is 0 Å². The minimum atomic E-state index is 0.910. The summed E-state index contributed by atoms with van der Waals surface area (Å²) >= 11 is 1.88. The molecule has 1 aliphatic rings. The third-order valence-electron chi connectivity index (χ3n) is 11.4. The van der Waals surface area contributed by atoms with E-state index in [1.807, 2.05) is 17.4 Å². The van der Waals surface area contributed by atoms with Gasteiger partial charge in [0.25, 0.3) is 0 Å². The lowest BCUT2D eigenvalue weighted by atomic mass is 9.92. The Kier molecular flexibility index (Phi) is 7.80. The van der Waals surface area contributed by atoms with E-state index < -0.39 is 0 Å². The van der Waals surface area contributed by atoms with E-state index >= 15 is 0 Å². The first-order valence-electron chi connectivity index (χ1n) is 19.3. The maximum Gasteiger partial charge on any atom is 0.0543 e. The van der Waals surface area contributed by atoms with Crippen LogP contribution in [0.3, 0.4) is 0 Å². The first kappa shape index (κ1) is 32.5. The van der Waals surface area contributed by atoms with Crippen molar-refractivity contribution < 1.29 is 0 Å². The first-order chi connectivity index (χ1) is 27.8. The predicted octanol–water partition coefficient (Wildman–Crippen LogP) is 15.3. The fourth-order valence-electron chi connectivity index (χ4n) is 8.72. The average molecular weight is 730 g/mol. The molecule has 11 rings (SSSR count). The fourth-order valence-corrected chi connectivity index (χ4v) is 9.86. The molecular weight excluding hydrogens is 695 g/mol. The number of hydrogen-bond acceptors (Lipinski definition) is 2. The van der Waals surface area contributed by atoms with Crippen LogP contribution in [0, 0.1) is 12.1 Å². The van der Waals surface area contributed by atoms with Gasteiger partial charge in [0.05, 0.1) is 5.69 Å². The van der Waals surface area contributed by atoms with Gasteiger partial charge in [-0.25, -0.2) is 0 Å². The van der Waals surface area contributed by atoms with Crippen LogP contribution in [0.5, 0.6) is 0 Å². The molecule has 1 heterocycles. The van der Waals surface area contributed by atoms with Crippen LogP contribution in [0.15, 0.2) is 194 Å². The molecule has 9 aromatic carbocycles. The van der Waals surface area contributed by atoms with Crippen molar-refractivity contribution in [2.45, 2.75) is 12.8 Å².